The SMILES string of the molecule is CCC(C)N(Cc1cccc(OS(=O)(=O)c2cccc(C(F)(F)F)c2)c1)C(=O)Nc1cccc2ccccc12. The van der Waals surface area contributed by atoms with Crippen molar-refractivity contribution in [2.45, 2.75) is 43.9 Å². The molecule has 4 aromatic carbocycles. The van der Waals surface area contributed by atoms with Gasteiger partial charge >= 0.3 is 22.3 Å². The Kier molecular flexibility index (Phi) is 8.15. The molecule has 0 aromatic heterocycles. The minimum atomic E-state index is -4.70. The second kappa shape index (κ2) is 11.4. The van der Waals surface area contributed by atoms with Crippen molar-refractivity contribution in [1.29, 1.82) is 0 Å². The molecule has 2 amide bonds. The van der Waals surface area contributed by atoms with Crippen LogP contribution in [0.2, 0.25) is 0 Å². The van der Waals surface area contributed by atoms with Crippen LogP contribution in [-0.4, -0.2) is 25.4 Å². The van der Waals surface area contributed by atoms with Crippen molar-refractivity contribution in [2.24, 2.45) is 0 Å². The van der Waals surface area contributed by atoms with Gasteiger partial charge in [-0.15, -0.1) is 0 Å². The van der Waals surface area contributed by atoms with Gasteiger partial charge in [0.25, 0.3) is 0 Å². The van der Waals surface area contributed by atoms with E-state index in [4.69, 9.17) is 4.18 Å². The fourth-order valence-corrected chi connectivity index (χ4v) is 5.03. The van der Waals surface area contributed by atoms with Crippen molar-refractivity contribution in [2.75, 3.05) is 5.32 Å². The maximum Gasteiger partial charge on any atom is 0.416 e. The van der Waals surface area contributed by atoms with Crippen LogP contribution in [0.25, 0.3) is 10.8 Å². The lowest BCUT2D eigenvalue weighted by atomic mass is 10.1. The molecule has 0 saturated heterocycles. The van der Waals surface area contributed by atoms with Crippen molar-refractivity contribution in [3.05, 3.63) is 102 Å². The van der Waals surface area contributed by atoms with E-state index in [1.54, 1.807) is 17.0 Å². The summed E-state index contributed by atoms with van der Waals surface area (Å²) >= 11 is 0. The molecule has 0 fully saturated rings. The second-order valence-corrected chi connectivity index (χ2v) is 10.6. The highest BCUT2D eigenvalue weighted by atomic mass is 32.2. The van der Waals surface area contributed by atoms with Crippen molar-refractivity contribution < 1.29 is 30.6 Å². The summed E-state index contributed by atoms with van der Waals surface area (Å²) in [5, 5.41) is 4.86. The van der Waals surface area contributed by atoms with Gasteiger partial charge in [-0.25, -0.2) is 4.79 Å². The van der Waals surface area contributed by atoms with E-state index in [9.17, 15) is 26.4 Å². The van der Waals surface area contributed by atoms with Crippen LogP contribution in [0, 0.1) is 0 Å². The number of anilines is 1. The van der Waals surface area contributed by atoms with Crippen LogP contribution in [0.15, 0.2) is 95.9 Å². The molecule has 204 valence electrons. The molecule has 4 aromatic rings. The first-order chi connectivity index (χ1) is 18.5. The van der Waals surface area contributed by atoms with Crippen LogP contribution < -0.4 is 9.50 Å². The number of nitrogens with zero attached hydrogens (tertiary/aromatic N) is 1. The minimum absolute atomic E-state index is 0.0801. The lowest BCUT2D eigenvalue weighted by Gasteiger charge is -2.29. The van der Waals surface area contributed by atoms with Crippen molar-refractivity contribution in [3.63, 3.8) is 0 Å². The fourth-order valence-electron chi connectivity index (χ4n) is 4.06. The van der Waals surface area contributed by atoms with Crippen molar-refractivity contribution in [3.8, 4) is 5.75 Å². The van der Waals surface area contributed by atoms with E-state index in [0.29, 0.717) is 23.7 Å². The van der Waals surface area contributed by atoms with E-state index < -0.39 is 26.8 Å². The minimum Gasteiger partial charge on any atom is -0.379 e. The van der Waals surface area contributed by atoms with Gasteiger partial charge in [0.2, 0.25) is 0 Å². The summed E-state index contributed by atoms with van der Waals surface area (Å²) in [6, 6.07) is 22.3. The van der Waals surface area contributed by atoms with Crippen molar-refractivity contribution >= 4 is 32.6 Å². The largest absolute Gasteiger partial charge is 0.416 e. The molecular formula is C29H27F3N2O4S. The van der Waals surface area contributed by atoms with Crippen LogP contribution in [0.3, 0.4) is 0 Å². The number of nitrogens with one attached hydrogen (secondary N) is 1. The summed E-state index contributed by atoms with van der Waals surface area (Å²) in [7, 11) is -4.53. The van der Waals surface area contributed by atoms with Gasteiger partial charge < -0.3 is 14.4 Å². The maximum atomic E-state index is 13.4. The highest BCUT2D eigenvalue weighted by molar-refractivity contribution is 7.87. The van der Waals surface area contributed by atoms with Crippen LogP contribution >= 0.6 is 0 Å². The molecule has 0 radical (unpaired) electrons. The molecule has 0 bridgehead atoms. The highest BCUT2D eigenvalue weighted by Crippen LogP contribution is 2.31. The van der Waals surface area contributed by atoms with Gasteiger partial charge in [-0.3, -0.25) is 0 Å². The van der Waals surface area contributed by atoms with Crippen LogP contribution in [0.4, 0.5) is 23.7 Å². The average molecular weight is 557 g/mol. The Morgan fingerprint density at radius 2 is 1.64 bits per heavy atom. The Labute approximate surface area is 225 Å². The number of urea groups is 1. The van der Waals surface area contributed by atoms with E-state index in [1.165, 1.54) is 12.1 Å². The number of benzene rings is 4. The summed E-state index contributed by atoms with van der Waals surface area (Å²) in [5.41, 5.74) is 0.151. The Hall–Kier alpha value is -4.05. The molecule has 0 aliphatic carbocycles. The standard InChI is InChI=1S/C29H27F3N2O4S/c1-3-20(2)34(28(35)33-27-16-7-11-22-10-4-5-15-26(22)27)19-21-9-6-13-24(17-21)38-39(36,37)25-14-8-12-23(18-25)29(30,31)32/h4-18,20H,3,19H2,1-2H3,(H,33,35). The molecule has 6 nitrogen and oxygen atoms in total. The first-order valence-electron chi connectivity index (χ1n) is 12.2. The van der Waals surface area contributed by atoms with Gasteiger partial charge in [-0.2, -0.15) is 21.6 Å². The lowest BCUT2D eigenvalue weighted by Crippen LogP contribution is -2.40. The molecule has 0 saturated carbocycles. The van der Waals surface area contributed by atoms with Crippen LogP contribution in [0.5, 0.6) is 5.75 Å². The number of carbonyl (C=O) groups excluding carboxylic acids is 1. The smallest absolute Gasteiger partial charge is 0.379 e. The third-order valence-corrected chi connectivity index (χ3v) is 7.57. The molecule has 1 N–H and O–H groups in total. The zero-order valence-electron chi connectivity index (χ0n) is 21.3. The summed E-state index contributed by atoms with van der Waals surface area (Å²) in [4.78, 5) is 14.4. The second-order valence-electron chi connectivity index (χ2n) is 9.05. The quantitative estimate of drug-likeness (QED) is 0.229. The molecule has 39 heavy (non-hydrogen) atoms. The van der Waals surface area contributed by atoms with Gasteiger partial charge in [-0.05, 0) is 60.7 Å². The van der Waals surface area contributed by atoms with Gasteiger partial charge in [0.15, 0.2) is 0 Å². The molecule has 0 aliphatic rings. The number of fused-ring (bicyclic) bond motifs is 1. The number of amides is 2. The van der Waals surface area contributed by atoms with E-state index in [2.05, 4.69) is 5.32 Å². The monoisotopic (exact) mass is 556 g/mol. The van der Waals surface area contributed by atoms with E-state index in [1.807, 2.05) is 56.3 Å². The topological polar surface area (TPSA) is 75.7 Å². The van der Waals surface area contributed by atoms with Crippen LogP contribution in [0.1, 0.15) is 31.4 Å². The van der Waals surface area contributed by atoms with E-state index in [-0.39, 0.29) is 24.4 Å². The maximum absolute atomic E-state index is 13.4. The van der Waals surface area contributed by atoms with Gasteiger partial charge in [0.1, 0.15) is 10.6 Å². The molecule has 0 aliphatic heterocycles. The van der Waals surface area contributed by atoms with Gasteiger partial charge in [0.05, 0.1) is 11.3 Å². The third-order valence-electron chi connectivity index (χ3n) is 6.32. The van der Waals surface area contributed by atoms with Crippen LogP contribution in [-0.2, 0) is 22.8 Å². The first-order valence-corrected chi connectivity index (χ1v) is 13.6. The summed E-state index contributed by atoms with van der Waals surface area (Å²) in [6.07, 6.45) is -4.03. The molecule has 4 rings (SSSR count). The number of hydrogen-bond donors (Lipinski definition) is 1. The molecular weight excluding hydrogens is 529 g/mol. The van der Waals surface area contributed by atoms with Crippen molar-refractivity contribution in [1.82, 2.24) is 4.90 Å². The summed E-state index contributed by atoms with van der Waals surface area (Å²) in [6.45, 7) is 4.00. The highest BCUT2D eigenvalue weighted by Gasteiger charge is 2.32. The number of alkyl halides is 3. The average Bonchev–Trinajstić information content (AvgIpc) is 2.91. The molecule has 0 heterocycles. The van der Waals surface area contributed by atoms with Gasteiger partial charge in [-0.1, -0.05) is 61.5 Å². The van der Waals surface area contributed by atoms with Gasteiger partial charge in [0, 0.05) is 18.0 Å². The normalized spacial score (nSPS) is 12.6. The molecule has 0 spiro atoms. The number of rotatable bonds is 8. The zero-order chi connectivity index (χ0) is 28.2. The fraction of sp³-hybridized carbons (Fsp3) is 0.207. The predicted molar refractivity (Wildman–Crippen MR) is 144 cm³/mol. The Morgan fingerprint density at radius 1 is 0.949 bits per heavy atom. The molecule has 1 atom stereocenters. The van der Waals surface area contributed by atoms with E-state index >= 15 is 0 Å². The zero-order valence-corrected chi connectivity index (χ0v) is 22.1. The number of halogens is 3. The van der Waals surface area contributed by atoms with E-state index in [0.717, 1.165) is 29.0 Å². The Bertz CT molecular complexity index is 1580. The molecule has 10 heteroatoms. The predicted octanol–water partition coefficient (Wildman–Crippen LogP) is 7.46. The molecule has 1 unspecified atom stereocenters. The third kappa shape index (κ3) is 6.69. The Balaban J connectivity index is 1.55. The summed E-state index contributed by atoms with van der Waals surface area (Å²) < 4.78 is 69.8. The Morgan fingerprint density at radius 3 is 2.38 bits per heavy atom. The summed E-state index contributed by atoms with van der Waals surface area (Å²) in [5.74, 6) is -0.0801. The first kappa shape index (κ1) is 28.0. The number of hydrogen-bond acceptors (Lipinski definition) is 4. The number of carbonyl (C=O) groups is 1. The lowest BCUT2D eigenvalue weighted by molar-refractivity contribution is -0.137.